The van der Waals surface area contributed by atoms with E-state index in [-0.39, 0.29) is 38.0 Å². The van der Waals surface area contributed by atoms with Crippen LogP contribution < -0.4 is 0 Å². The van der Waals surface area contributed by atoms with Crippen LogP contribution >= 0.6 is 0 Å². The first-order chi connectivity index (χ1) is 20.4. The lowest BCUT2D eigenvalue weighted by Crippen LogP contribution is -2.68. The first kappa shape index (κ1) is 36.0. The average molecular weight is 625 g/mol. The van der Waals surface area contributed by atoms with E-state index in [0.29, 0.717) is 12.8 Å². The second-order valence-corrected chi connectivity index (χ2v) is 13.7. The molecule has 0 aromatic carbocycles. The molecule has 2 N–H and O–H groups in total. The maximum Gasteiger partial charge on any atom is 0.330 e. The summed E-state index contributed by atoms with van der Waals surface area (Å²) in [5, 5.41) is 24.2. The molecule has 3 aliphatic rings. The van der Waals surface area contributed by atoms with Gasteiger partial charge in [0.05, 0.1) is 6.10 Å². The average Bonchev–Trinajstić information content (AvgIpc) is 3.28. The van der Waals surface area contributed by atoms with Crippen LogP contribution in [0.4, 0.5) is 0 Å². The Morgan fingerprint density at radius 2 is 1.61 bits per heavy atom. The standard InChI is InChI=1S/C33H52O11/c1-10-13-23(36)43-28-25(18(4)5)26-27(33(9,39)30(28)40-19(6)34)20-17-31(7,38)21(42-22(35)12-3)15-16-32(8,29(26)41-20)44-24(37)14-11-2/h12,18,20-21,25-30,38-39H,3,10-11,13-17H2,1-2,4-9H3/t20-,21+,25-,26-,27-,28+,29-,30-,31+,32+,33+/m1/s1. The SMILES string of the molecule is C=CC(=O)O[C@H]1CC[C@](C)(OC(=O)CCC)[C@@H]2O[C@H](C[C@]1(C)O)[C@@H]1[C@H]2[C@@H](C(C)C)[C@H](OC(=O)CCC)[C@@H](OC(C)=O)[C@@]1(C)O. The van der Waals surface area contributed by atoms with E-state index >= 15 is 0 Å². The van der Waals surface area contributed by atoms with Crippen LogP contribution in [0.15, 0.2) is 12.7 Å². The normalized spacial score (nSPS) is 40.1. The van der Waals surface area contributed by atoms with Crippen LogP contribution in [0.5, 0.6) is 0 Å². The van der Waals surface area contributed by atoms with Gasteiger partial charge in [-0.05, 0) is 52.4 Å². The van der Waals surface area contributed by atoms with Gasteiger partial charge >= 0.3 is 23.9 Å². The summed E-state index contributed by atoms with van der Waals surface area (Å²) in [7, 11) is 0. The number of aliphatic hydroxyl groups is 2. The van der Waals surface area contributed by atoms with Gasteiger partial charge in [0.2, 0.25) is 0 Å². The zero-order chi connectivity index (χ0) is 33.2. The minimum Gasteiger partial charge on any atom is -0.458 e. The Morgan fingerprint density at radius 1 is 1.00 bits per heavy atom. The highest BCUT2D eigenvalue weighted by Crippen LogP contribution is 2.59. The lowest BCUT2D eigenvalue weighted by atomic mass is 9.55. The van der Waals surface area contributed by atoms with Crippen molar-refractivity contribution in [3.8, 4) is 0 Å². The maximum absolute atomic E-state index is 13.1. The molecule has 0 spiro atoms. The Balaban J connectivity index is 2.25. The van der Waals surface area contributed by atoms with Crippen molar-refractivity contribution >= 4 is 23.9 Å². The largest absolute Gasteiger partial charge is 0.458 e. The Bertz CT molecular complexity index is 1080. The molecule has 44 heavy (non-hydrogen) atoms. The number of rotatable bonds is 10. The second kappa shape index (κ2) is 13.9. The molecule has 0 unspecified atom stereocenters. The van der Waals surface area contributed by atoms with Crippen molar-refractivity contribution in [1.82, 2.24) is 0 Å². The van der Waals surface area contributed by atoms with E-state index in [4.69, 9.17) is 23.7 Å². The minimum absolute atomic E-state index is 0.0488. The molecule has 11 atom stereocenters. The maximum atomic E-state index is 13.1. The number of hydrogen-bond acceptors (Lipinski definition) is 11. The fourth-order valence-electron chi connectivity index (χ4n) is 7.83. The molecule has 0 amide bonds. The smallest absolute Gasteiger partial charge is 0.330 e. The summed E-state index contributed by atoms with van der Waals surface area (Å²) >= 11 is 0. The molecule has 2 saturated heterocycles. The van der Waals surface area contributed by atoms with E-state index in [0.717, 1.165) is 6.08 Å². The molecule has 1 aliphatic carbocycles. The van der Waals surface area contributed by atoms with Gasteiger partial charge in [-0.25, -0.2) is 4.79 Å². The Hall–Kier alpha value is -2.50. The monoisotopic (exact) mass is 624 g/mol. The predicted molar refractivity (Wildman–Crippen MR) is 159 cm³/mol. The zero-order valence-electron chi connectivity index (χ0n) is 27.5. The summed E-state index contributed by atoms with van der Waals surface area (Å²) in [5.74, 6) is -4.20. The van der Waals surface area contributed by atoms with Gasteiger partial charge in [-0.3, -0.25) is 14.4 Å². The molecule has 0 radical (unpaired) electrons. The molecule has 11 heteroatoms. The van der Waals surface area contributed by atoms with E-state index in [9.17, 15) is 29.4 Å². The van der Waals surface area contributed by atoms with Crippen molar-refractivity contribution in [3.05, 3.63) is 12.7 Å². The molecule has 2 aliphatic heterocycles. The Morgan fingerprint density at radius 3 is 2.16 bits per heavy atom. The van der Waals surface area contributed by atoms with Crippen LogP contribution in [0.25, 0.3) is 0 Å². The summed E-state index contributed by atoms with van der Waals surface area (Å²) in [6.07, 6.45) is -2.18. The topological polar surface area (TPSA) is 155 Å². The Labute approximate surface area is 261 Å². The third-order valence-electron chi connectivity index (χ3n) is 9.68. The third-order valence-corrected chi connectivity index (χ3v) is 9.68. The van der Waals surface area contributed by atoms with Crippen molar-refractivity contribution in [3.63, 3.8) is 0 Å². The molecule has 3 fully saturated rings. The van der Waals surface area contributed by atoms with Gasteiger partial charge in [-0.2, -0.15) is 0 Å². The Kier molecular flexibility index (Phi) is 11.3. The highest BCUT2D eigenvalue weighted by Gasteiger charge is 2.70. The molecule has 250 valence electrons. The summed E-state index contributed by atoms with van der Waals surface area (Å²) in [4.78, 5) is 50.7. The van der Waals surface area contributed by atoms with Crippen LogP contribution in [0.1, 0.15) is 100 Å². The molecule has 1 saturated carbocycles. The van der Waals surface area contributed by atoms with Crippen molar-refractivity contribution in [1.29, 1.82) is 0 Å². The zero-order valence-corrected chi connectivity index (χ0v) is 27.5. The van der Waals surface area contributed by atoms with E-state index in [2.05, 4.69) is 6.58 Å². The number of ether oxygens (including phenoxy) is 5. The van der Waals surface area contributed by atoms with Crippen LogP contribution in [0, 0.1) is 23.7 Å². The lowest BCUT2D eigenvalue weighted by Gasteiger charge is -2.55. The summed E-state index contributed by atoms with van der Waals surface area (Å²) in [6.45, 7) is 17.2. The predicted octanol–water partition coefficient (Wildman–Crippen LogP) is 3.80. The number of carbonyl (C=O) groups excluding carboxylic acids is 4. The molecule has 11 nitrogen and oxygen atoms in total. The summed E-state index contributed by atoms with van der Waals surface area (Å²) in [5.41, 5.74) is -4.69. The van der Waals surface area contributed by atoms with Gasteiger partial charge in [0.15, 0.2) is 6.10 Å². The molecule has 3 rings (SSSR count). The number of carbonyl (C=O) groups is 4. The van der Waals surface area contributed by atoms with E-state index in [1.807, 2.05) is 27.7 Å². The highest BCUT2D eigenvalue weighted by atomic mass is 16.6. The number of esters is 4. The van der Waals surface area contributed by atoms with Gasteiger partial charge in [-0.15, -0.1) is 0 Å². The van der Waals surface area contributed by atoms with Crippen molar-refractivity contribution in [2.75, 3.05) is 0 Å². The van der Waals surface area contributed by atoms with Gasteiger partial charge in [0, 0.05) is 50.0 Å². The first-order valence-corrected chi connectivity index (χ1v) is 15.9. The van der Waals surface area contributed by atoms with Crippen LogP contribution in [-0.2, 0) is 42.9 Å². The minimum atomic E-state index is -1.80. The number of fused-ring (bicyclic) bond motifs is 5. The lowest BCUT2D eigenvalue weighted by molar-refractivity contribution is -0.243. The van der Waals surface area contributed by atoms with Crippen molar-refractivity contribution in [2.24, 2.45) is 23.7 Å². The van der Waals surface area contributed by atoms with Gasteiger partial charge in [0.1, 0.15) is 35.1 Å². The van der Waals surface area contributed by atoms with Crippen LogP contribution in [-0.4, -0.2) is 81.4 Å². The fourth-order valence-corrected chi connectivity index (χ4v) is 7.83. The van der Waals surface area contributed by atoms with E-state index < -0.39 is 89.0 Å². The fraction of sp³-hybridized carbons (Fsp3) is 0.818. The molecule has 0 aromatic heterocycles. The molecule has 2 heterocycles. The molecule has 0 aromatic rings. The first-order valence-electron chi connectivity index (χ1n) is 15.9. The van der Waals surface area contributed by atoms with E-state index in [1.165, 1.54) is 13.8 Å². The third kappa shape index (κ3) is 7.31. The summed E-state index contributed by atoms with van der Waals surface area (Å²) < 4.78 is 30.4. The van der Waals surface area contributed by atoms with Crippen LogP contribution in [0.2, 0.25) is 0 Å². The van der Waals surface area contributed by atoms with Gasteiger partial charge in [-0.1, -0.05) is 34.3 Å². The highest BCUT2D eigenvalue weighted by molar-refractivity contribution is 5.81. The quantitative estimate of drug-likeness (QED) is 0.207. The van der Waals surface area contributed by atoms with Crippen molar-refractivity contribution < 1.29 is 53.1 Å². The molecular weight excluding hydrogens is 572 g/mol. The number of hydrogen-bond donors (Lipinski definition) is 2. The van der Waals surface area contributed by atoms with Crippen molar-refractivity contribution in [2.45, 2.75) is 148 Å². The second-order valence-electron chi connectivity index (χ2n) is 13.7. The molecular formula is C33H52O11. The van der Waals surface area contributed by atoms with Gasteiger partial charge in [0.25, 0.3) is 0 Å². The van der Waals surface area contributed by atoms with E-state index in [1.54, 1.807) is 13.8 Å². The summed E-state index contributed by atoms with van der Waals surface area (Å²) in [6, 6.07) is 0. The molecule has 2 bridgehead atoms. The van der Waals surface area contributed by atoms with Gasteiger partial charge < -0.3 is 33.9 Å². The van der Waals surface area contributed by atoms with Crippen LogP contribution in [0.3, 0.4) is 0 Å².